The molecule has 0 saturated carbocycles. The Kier molecular flexibility index (Phi) is 3.35. The molecule has 1 unspecified atom stereocenters. The highest BCUT2D eigenvalue weighted by atomic mass is 35.5. The lowest BCUT2D eigenvalue weighted by molar-refractivity contribution is 0.563. The number of nitrogens with zero attached hydrogens (tertiary/aromatic N) is 2. The summed E-state index contributed by atoms with van der Waals surface area (Å²) in [6.07, 6.45) is 2.38. The van der Waals surface area contributed by atoms with Crippen LogP contribution in [0.15, 0.2) is 18.5 Å². The molecule has 0 saturated heterocycles. The molecule has 0 bridgehead atoms. The van der Waals surface area contributed by atoms with Crippen molar-refractivity contribution in [3.63, 3.8) is 0 Å². The van der Waals surface area contributed by atoms with Gasteiger partial charge in [0.05, 0.1) is 10.4 Å². The molecule has 4 nitrogen and oxygen atoms in total. The maximum absolute atomic E-state index is 5.87. The molecule has 1 atom stereocenters. The topological polar surface area (TPSA) is 53.6 Å². The van der Waals surface area contributed by atoms with Crippen LogP contribution >= 0.6 is 22.9 Å². The maximum Gasteiger partial charge on any atom is 0.141 e. The van der Waals surface area contributed by atoms with Crippen LogP contribution in [0.2, 0.25) is 4.34 Å². The smallest absolute Gasteiger partial charge is 0.141 e. The van der Waals surface area contributed by atoms with Gasteiger partial charge in [-0.15, -0.1) is 11.3 Å². The van der Waals surface area contributed by atoms with Gasteiger partial charge in [0.15, 0.2) is 0 Å². The summed E-state index contributed by atoms with van der Waals surface area (Å²) < 4.78 is 0.817. The second-order valence-electron chi connectivity index (χ2n) is 3.12. The predicted octanol–water partition coefficient (Wildman–Crippen LogP) is 2.02. The first kappa shape index (κ1) is 10.6. The zero-order valence-electron chi connectivity index (χ0n) is 8.20. The van der Waals surface area contributed by atoms with Gasteiger partial charge >= 0.3 is 0 Å². The van der Waals surface area contributed by atoms with E-state index in [0.29, 0.717) is 0 Å². The van der Waals surface area contributed by atoms with Crippen LogP contribution in [-0.4, -0.2) is 22.2 Å². The Morgan fingerprint density at radius 2 is 2.47 bits per heavy atom. The first-order valence-electron chi connectivity index (χ1n) is 4.56. The van der Waals surface area contributed by atoms with Crippen molar-refractivity contribution in [3.8, 4) is 0 Å². The van der Waals surface area contributed by atoms with Crippen molar-refractivity contribution in [1.29, 1.82) is 0 Å². The number of hydrogen-bond donors (Lipinski definition) is 2. The van der Waals surface area contributed by atoms with E-state index in [0.717, 1.165) is 16.6 Å². The summed E-state index contributed by atoms with van der Waals surface area (Å²) in [5, 5.41) is 9.89. The van der Waals surface area contributed by atoms with E-state index in [-0.39, 0.29) is 6.04 Å². The first-order valence-corrected chi connectivity index (χ1v) is 5.76. The lowest BCUT2D eigenvalue weighted by Gasteiger charge is -2.11. The molecule has 15 heavy (non-hydrogen) atoms. The summed E-state index contributed by atoms with van der Waals surface area (Å²) in [4.78, 5) is 5.37. The Balaban J connectivity index is 2.09. The van der Waals surface area contributed by atoms with Gasteiger partial charge in [0.25, 0.3) is 0 Å². The number of nitrogens with one attached hydrogen (secondary N) is 2. The van der Waals surface area contributed by atoms with Gasteiger partial charge in [-0.3, -0.25) is 5.10 Å². The molecular weight excluding hydrogens is 232 g/mol. The minimum Gasteiger partial charge on any atom is -0.310 e. The Hall–Kier alpha value is -0.910. The van der Waals surface area contributed by atoms with Crippen LogP contribution in [0.4, 0.5) is 0 Å². The van der Waals surface area contributed by atoms with Gasteiger partial charge in [-0.1, -0.05) is 11.6 Å². The molecular formula is C9H11ClN4S. The summed E-state index contributed by atoms with van der Waals surface area (Å²) in [5.74, 6) is 0.849. The fourth-order valence-electron chi connectivity index (χ4n) is 1.38. The van der Waals surface area contributed by atoms with Gasteiger partial charge in [-0.05, 0) is 19.2 Å². The van der Waals surface area contributed by atoms with Crippen LogP contribution in [0.25, 0.3) is 0 Å². The van der Waals surface area contributed by atoms with Crippen molar-refractivity contribution >= 4 is 22.9 Å². The second kappa shape index (κ2) is 4.74. The molecule has 2 aromatic rings. The summed E-state index contributed by atoms with van der Waals surface area (Å²) in [6.45, 7) is 0. The number of aromatic amines is 1. The summed E-state index contributed by atoms with van der Waals surface area (Å²) in [5.41, 5.74) is 0. The molecule has 6 heteroatoms. The third-order valence-corrected chi connectivity index (χ3v) is 3.40. The van der Waals surface area contributed by atoms with Gasteiger partial charge < -0.3 is 5.32 Å². The molecule has 2 N–H and O–H groups in total. The van der Waals surface area contributed by atoms with Gasteiger partial charge in [0.2, 0.25) is 0 Å². The molecule has 2 rings (SSSR count). The van der Waals surface area contributed by atoms with Crippen molar-refractivity contribution in [2.75, 3.05) is 7.05 Å². The normalized spacial score (nSPS) is 12.9. The molecule has 0 aliphatic heterocycles. The highest BCUT2D eigenvalue weighted by molar-refractivity contribution is 7.16. The lowest BCUT2D eigenvalue weighted by Crippen LogP contribution is -2.19. The molecule has 0 amide bonds. The van der Waals surface area contributed by atoms with Crippen molar-refractivity contribution in [2.24, 2.45) is 0 Å². The van der Waals surface area contributed by atoms with Gasteiger partial charge in [0, 0.05) is 11.3 Å². The maximum atomic E-state index is 5.87. The number of likely N-dealkylation sites (N-methyl/N-ethyl adjacent to an activating group) is 1. The molecule has 0 radical (unpaired) electrons. The number of aromatic nitrogens is 3. The van der Waals surface area contributed by atoms with Crippen molar-refractivity contribution in [3.05, 3.63) is 33.5 Å². The number of halogens is 1. The standard InChI is InChI=1S/C9H11ClN4S/c1-11-7(9-12-5-13-14-9)4-6-2-3-8(10)15-6/h2-3,5,7,11H,4H2,1H3,(H,12,13,14). The van der Waals surface area contributed by atoms with Crippen molar-refractivity contribution in [2.45, 2.75) is 12.5 Å². The number of H-pyrrole nitrogens is 1. The van der Waals surface area contributed by atoms with E-state index in [1.807, 2.05) is 19.2 Å². The SMILES string of the molecule is CNC(Cc1ccc(Cl)s1)c1ncn[nH]1. The summed E-state index contributed by atoms with van der Waals surface area (Å²) in [6, 6.07) is 4.10. The first-order chi connectivity index (χ1) is 7.29. The van der Waals surface area contributed by atoms with E-state index in [4.69, 9.17) is 11.6 Å². The molecule has 0 spiro atoms. The summed E-state index contributed by atoms with van der Waals surface area (Å²) >= 11 is 7.47. The summed E-state index contributed by atoms with van der Waals surface area (Å²) in [7, 11) is 1.91. The highest BCUT2D eigenvalue weighted by Crippen LogP contribution is 2.25. The molecule has 80 valence electrons. The van der Waals surface area contributed by atoms with E-state index in [9.17, 15) is 0 Å². The number of rotatable bonds is 4. The van der Waals surface area contributed by atoms with Gasteiger partial charge in [-0.2, -0.15) is 5.10 Å². The molecule has 0 aromatic carbocycles. The monoisotopic (exact) mass is 242 g/mol. The van der Waals surface area contributed by atoms with Crippen molar-refractivity contribution < 1.29 is 0 Å². The molecule has 0 fully saturated rings. The van der Waals surface area contributed by atoms with E-state index < -0.39 is 0 Å². The Morgan fingerprint density at radius 3 is 3.00 bits per heavy atom. The molecule has 0 aliphatic rings. The molecule has 2 heterocycles. The quantitative estimate of drug-likeness (QED) is 0.863. The minimum absolute atomic E-state index is 0.155. The lowest BCUT2D eigenvalue weighted by atomic mass is 10.2. The predicted molar refractivity (Wildman–Crippen MR) is 61.2 cm³/mol. The highest BCUT2D eigenvalue weighted by Gasteiger charge is 2.13. The van der Waals surface area contributed by atoms with Crippen LogP contribution < -0.4 is 5.32 Å². The van der Waals surface area contributed by atoms with E-state index >= 15 is 0 Å². The van der Waals surface area contributed by atoms with Gasteiger partial charge in [-0.25, -0.2) is 4.98 Å². The Labute approximate surface area is 96.7 Å². The zero-order chi connectivity index (χ0) is 10.7. The number of hydrogen-bond acceptors (Lipinski definition) is 4. The van der Waals surface area contributed by atoms with Crippen LogP contribution in [-0.2, 0) is 6.42 Å². The van der Waals surface area contributed by atoms with Crippen molar-refractivity contribution in [1.82, 2.24) is 20.5 Å². The minimum atomic E-state index is 0.155. The fourth-order valence-corrected chi connectivity index (χ4v) is 2.51. The molecule has 2 aromatic heterocycles. The fraction of sp³-hybridized carbons (Fsp3) is 0.333. The Bertz CT molecular complexity index is 411. The van der Waals surface area contributed by atoms with Crippen LogP contribution in [0, 0.1) is 0 Å². The average Bonchev–Trinajstić information content (AvgIpc) is 2.85. The third-order valence-electron chi connectivity index (χ3n) is 2.15. The van der Waals surface area contributed by atoms with Gasteiger partial charge in [0.1, 0.15) is 12.2 Å². The second-order valence-corrected chi connectivity index (χ2v) is 4.92. The van der Waals surface area contributed by atoms with E-state index in [1.54, 1.807) is 11.3 Å². The average molecular weight is 243 g/mol. The third kappa shape index (κ3) is 2.56. The van der Waals surface area contributed by atoms with Crippen LogP contribution in [0.3, 0.4) is 0 Å². The zero-order valence-corrected chi connectivity index (χ0v) is 9.77. The van der Waals surface area contributed by atoms with E-state index in [1.165, 1.54) is 11.2 Å². The van der Waals surface area contributed by atoms with Crippen LogP contribution in [0.5, 0.6) is 0 Å². The van der Waals surface area contributed by atoms with Crippen LogP contribution in [0.1, 0.15) is 16.7 Å². The largest absolute Gasteiger partial charge is 0.310 e. The number of thiophene rings is 1. The Morgan fingerprint density at radius 1 is 1.60 bits per heavy atom. The molecule has 0 aliphatic carbocycles. The van der Waals surface area contributed by atoms with E-state index in [2.05, 4.69) is 20.5 Å².